The number of ether oxygens (including phenoxy) is 2. The number of benzene rings is 1. The van der Waals surface area contributed by atoms with Gasteiger partial charge < -0.3 is 9.47 Å². The molecule has 45 heavy (non-hydrogen) atoms. The number of nitriles is 1. The van der Waals surface area contributed by atoms with Crippen LogP contribution in [-0.2, 0) is 24.8 Å². The van der Waals surface area contributed by atoms with Crippen LogP contribution in [-0.4, -0.2) is 58.0 Å². The molecular weight excluding hydrogens is 613 g/mol. The Labute approximate surface area is 260 Å². The largest absolute Gasteiger partial charge is 0.443 e. The Morgan fingerprint density at radius 3 is 2.04 bits per heavy atom. The van der Waals surface area contributed by atoms with Crippen LogP contribution in [0.25, 0.3) is 11.9 Å². The number of rotatable bonds is 3. The molecule has 1 aromatic heterocycles. The normalized spacial score (nSPS) is 19.6. The van der Waals surface area contributed by atoms with E-state index in [-0.39, 0.29) is 16.8 Å². The Balaban J connectivity index is 2.28. The second kappa shape index (κ2) is 11.9. The van der Waals surface area contributed by atoms with Crippen LogP contribution in [0.1, 0.15) is 84.7 Å². The molecule has 0 bridgehead atoms. The minimum Gasteiger partial charge on any atom is -0.443 e. The highest BCUT2D eigenvalue weighted by atomic mass is 32.2. The van der Waals surface area contributed by atoms with Gasteiger partial charge in [-0.3, -0.25) is 9.98 Å². The van der Waals surface area contributed by atoms with Gasteiger partial charge in [0.1, 0.15) is 39.2 Å². The van der Waals surface area contributed by atoms with E-state index in [4.69, 9.17) is 14.7 Å². The quantitative estimate of drug-likeness (QED) is 0.359. The van der Waals surface area contributed by atoms with Crippen molar-refractivity contribution in [2.45, 2.75) is 83.8 Å². The van der Waals surface area contributed by atoms with E-state index in [2.05, 4.69) is 9.98 Å². The molecule has 2 heterocycles. The number of nitrogens with zero attached hydrogens (tertiary/aromatic N) is 4. The first-order chi connectivity index (χ1) is 20.4. The predicted octanol–water partition coefficient (Wildman–Crippen LogP) is 6.69. The van der Waals surface area contributed by atoms with Crippen molar-refractivity contribution in [3.63, 3.8) is 0 Å². The van der Waals surface area contributed by atoms with Crippen molar-refractivity contribution in [3.05, 3.63) is 64.5 Å². The first kappa shape index (κ1) is 35.2. The molecular formula is C31H35F3N4O6S. The van der Waals surface area contributed by atoms with Gasteiger partial charge in [-0.2, -0.15) is 10.2 Å². The van der Waals surface area contributed by atoms with E-state index < -0.39 is 78.1 Å². The summed E-state index contributed by atoms with van der Waals surface area (Å²) >= 11 is 0. The third kappa shape index (κ3) is 7.70. The molecule has 1 atom stereocenters. The van der Waals surface area contributed by atoms with Gasteiger partial charge in [-0.1, -0.05) is 0 Å². The minimum atomic E-state index is -4.38. The Kier molecular flexibility index (Phi) is 9.34. The zero-order valence-corrected chi connectivity index (χ0v) is 27.3. The number of imide groups is 1. The van der Waals surface area contributed by atoms with E-state index >= 15 is 13.2 Å². The Morgan fingerprint density at radius 1 is 1.02 bits per heavy atom. The molecule has 10 nitrogen and oxygen atoms in total. The van der Waals surface area contributed by atoms with Crippen LogP contribution in [0, 0.1) is 23.0 Å². The summed E-state index contributed by atoms with van der Waals surface area (Å²) in [5.41, 5.74) is -5.20. The molecule has 0 spiro atoms. The van der Waals surface area contributed by atoms with Gasteiger partial charge >= 0.3 is 12.2 Å². The summed E-state index contributed by atoms with van der Waals surface area (Å²) in [4.78, 5) is 35.5. The Bertz CT molecular complexity index is 1710. The standard InChI is InChI=1S/C31H35F3N4O6S/c1-28(2,3)43-26(39)38(27(40)44-29(4,5)6)25-30(7,8)45(41,42)17-31(9,37-25)20-12-19(14-22(33)24(20)34)13-21(32)23-11-10-18(15-35)16-36-23/h10-14,16H,17H2,1-9H3/b21-13-/t31-/m0/s1. The van der Waals surface area contributed by atoms with Crippen LogP contribution < -0.4 is 0 Å². The summed E-state index contributed by atoms with van der Waals surface area (Å²) in [6, 6.07) is 6.10. The van der Waals surface area contributed by atoms with E-state index in [1.807, 2.05) is 6.07 Å². The number of carbonyl (C=O) groups is 2. The second-order valence-electron chi connectivity index (χ2n) is 13.2. The first-order valence-corrected chi connectivity index (χ1v) is 15.4. The lowest BCUT2D eigenvalue weighted by Gasteiger charge is -2.42. The van der Waals surface area contributed by atoms with Crippen LogP contribution in [0.2, 0.25) is 0 Å². The lowest BCUT2D eigenvalue weighted by molar-refractivity contribution is 0.0139. The summed E-state index contributed by atoms with van der Waals surface area (Å²) < 4.78 is 81.9. The monoisotopic (exact) mass is 648 g/mol. The molecule has 2 aromatic rings. The van der Waals surface area contributed by atoms with Crippen molar-refractivity contribution < 1.29 is 40.7 Å². The molecule has 0 saturated carbocycles. The van der Waals surface area contributed by atoms with Gasteiger partial charge in [0.25, 0.3) is 0 Å². The number of aromatic nitrogens is 1. The van der Waals surface area contributed by atoms with E-state index in [0.717, 1.165) is 18.3 Å². The van der Waals surface area contributed by atoms with Crippen molar-refractivity contribution in [1.82, 2.24) is 9.88 Å². The SMILES string of the molecule is CC(C)(C)OC(=O)N(C(=O)OC(C)(C)C)C1=N[C@](C)(c2cc(/C=C(\F)c3ccc(C#N)cn3)cc(F)c2F)CS(=O)(=O)C1(C)C. The number of hydrogen-bond donors (Lipinski definition) is 0. The fourth-order valence-corrected chi connectivity index (χ4v) is 6.05. The number of amides is 2. The summed E-state index contributed by atoms with van der Waals surface area (Å²) in [5.74, 6) is -5.37. The van der Waals surface area contributed by atoms with Crippen molar-refractivity contribution in [2.24, 2.45) is 4.99 Å². The number of halogens is 3. The van der Waals surface area contributed by atoms with Gasteiger partial charge in [0.2, 0.25) is 0 Å². The number of hydrogen-bond acceptors (Lipinski definition) is 9. The maximum atomic E-state index is 15.5. The average molecular weight is 649 g/mol. The van der Waals surface area contributed by atoms with Crippen molar-refractivity contribution in [1.29, 1.82) is 5.26 Å². The third-order valence-electron chi connectivity index (χ3n) is 6.57. The zero-order chi connectivity index (χ0) is 34.3. The molecule has 0 N–H and O–H groups in total. The number of sulfone groups is 1. The molecule has 14 heteroatoms. The molecule has 0 radical (unpaired) electrons. The highest BCUT2D eigenvalue weighted by Crippen LogP contribution is 2.41. The smallest absolute Gasteiger partial charge is 0.425 e. The fraction of sp³-hybridized carbons (Fsp3) is 0.452. The van der Waals surface area contributed by atoms with Gasteiger partial charge in [0.15, 0.2) is 21.5 Å². The van der Waals surface area contributed by atoms with E-state index in [1.54, 1.807) is 0 Å². The van der Waals surface area contributed by atoms with E-state index in [0.29, 0.717) is 11.0 Å². The lowest BCUT2D eigenvalue weighted by Crippen LogP contribution is -2.61. The number of pyridine rings is 1. The summed E-state index contributed by atoms with van der Waals surface area (Å²) in [6.45, 7) is 12.7. The molecule has 1 aromatic carbocycles. The van der Waals surface area contributed by atoms with Crippen molar-refractivity contribution in [3.8, 4) is 6.07 Å². The maximum absolute atomic E-state index is 15.5. The van der Waals surface area contributed by atoms with E-state index in [9.17, 15) is 18.0 Å². The van der Waals surface area contributed by atoms with Gasteiger partial charge in [-0.05, 0) is 98.2 Å². The zero-order valence-electron chi connectivity index (χ0n) is 26.5. The predicted molar refractivity (Wildman–Crippen MR) is 161 cm³/mol. The number of aliphatic imine (C=N–C) groups is 1. The molecule has 0 aliphatic carbocycles. The van der Waals surface area contributed by atoms with Crippen LogP contribution in [0.4, 0.5) is 22.8 Å². The van der Waals surface area contributed by atoms with Gasteiger partial charge in [0, 0.05) is 11.8 Å². The third-order valence-corrected chi connectivity index (χ3v) is 9.24. The second-order valence-corrected chi connectivity index (χ2v) is 15.7. The lowest BCUT2D eigenvalue weighted by atomic mass is 9.91. The van der Waals surface area contributed by atoms with Crippen LogP contribution >= 0.6 is 0 Å². The van der Waals surface area contributed by atoms with Gasteiger partial charge in [-0.15, -0.1) is 0 Å². The Hall–Kier alpha value is -4.25. The molecule has 1 aliphatic heterocycles. The molecule has 3 rings (SSSR count). The summed E-state index contributed by atoms with van der Waals surface area (Å²) in [6.07, 6.45) is -0.623. The van der Waals surface area contributed by atoms with Crippen LogP contribution in [0.3, 0.4) is 0 Å². The van der Waals surface area contributed by atoms with Crippen LogP contribution in [0.5, 0.6) is 0 Å². The van der Waals surface area contributed by atoms with Gasteiger partial charge in [-0.25, -0.2) is 31.2 Å². The minimum absolute atomic E-state index is 0.177. The number of carbonyl (C=O) groups excluding carboxylic acids is 2. The first-order valence-electron chi connectivity index (χ1n) is 13.7. The Morgan fingerprint density at radius 2 is 1.58 bits per heavy atom. The topological polar surface area (TPSA) is 139 Å². The van der Waals surface area contributed by atoms with Crippen molar-refractivity contribution in [2.75, 3.05) is 5.75 Å². The molecule has 2 amide bonds. The van der Waals surface area contributed by atoms with E-state index in [1.165, 1.54) is 74.4 Å². The maximum Gasteiger partial charge on any atom is 0.425 e. The summed E-state index contributed by atoms with van der Waals surface area (Å²) in [5, 5.41) is 8.94. The summed E-state index contributed by atoms with van der Waals surface area (Å²) in [7, 11) is -4.38. The highest BCUT2D eigenvalue weighted by molar-refractivity contribution is 7.93. The molecule has 0 fully saturated rings. The average Bonchev–Trinajstić information content (AvgIpc) is 2.87. The highest BCUT2D eigenvalue weighted by Gasteiger charge is 2.55. The molecule has 0 saturated heterocycles. The molecule has 242 valence electrons. The molecule has 0 unspecified atom stereocenters. The van der Waals surface area contributed by atoms with Crippen LogP contribution in [0.15, 0.2) is 35.5 Å². The fourth-order valence-electron chi connectivity index (χ4n) is 4.32. The van der Waals surface area contributed by atoms with Crippen molar-refractivity contribution >= 4 is 39.8 Å². The van der Waals surface area contributed by atoms with Gasteiger partial charge in [0.05, 0.1) is 17.0 Å². The number of amidine groups is 1. The molecule has 1 aliphatic rings.